The fraction of sp³-hybridized carbons (Fsp3) is 0.333. The Kier molecular flexibility index (Phi) is 2.81. The van der Waals surface area contributed by atoms with Gasteiger partial charge >= 0.3 is 5.97 Å². The highest BCUT2D eigenvalue weighted by Crippen LogP contribution is 2.12. The molecular weight excluding hydrogens is 189 g/mol. The number of carbonyl (C=O) groups is 1. The first-order valence-corrected chi connectivity index (χ1v) is 3.98. The smallest absolute Gasteiger partial charge is 0.335 e. The first-order valence-electron chi connectivity index (χ1n) is 3.98. The summed E-state index contributed by atoms with van der Waals surface area (Å²) in [6.07, 6.45) is 1.10. The van der Waals surface area contributed by atoms with E-state index in [1.54, 1.807) is 0 Å². The molecule has 5 heteroatoms. The van der Waals surface area contributed by atoms with Gasteiger partial charge in [-0.3, -0.25) is 0 Å². The van der Waals surface area contributed by atoms with E-state index in [1.807, 2.05) is 0 Å². The molecule has 0 aromatic carbocycles. The number of carboxylic acids is 1. The number of carboxylic acid groups (broad SMARTS) is 1. The Hall–Kier alpha value is -1.49. The van der Waals surface area contributed by atoms with Crippen molar-refractivity contribution in [2.75, 3.05) is 0 Å². The maximum atomic E-state index is 12.4. The largest absolute Gasteiger partial charge is 0.479 e. The average molecular weight is 199 g/mol. The van der Waals surface area contributed by atoms with Crippen molar-refractivity contribution in [3.05, 3.63) is 29.8 Å². The minimum absolute atomic E-state index is 0.102. The van der Waals surface area contributed by atoms with Crippen LogP contribution < -0.4 is 0 Å². The monoisotopic (exact) mass is 199 g/mol. The lowest BCUT2D eigenvalue weighted by Crippen LogP contribution is -2.37. The molecule has 1 heterocycles. The van der Waals surface area contributed by atoms with Crippen molar-refractivity contribution < 1.29 is 19.4 Å². The Balaban J connectivity index is 2.79. The number of pyridine rings is 1. The number of aromatic nitrogens is 1. The van der Waals surface area contributed by atoms with E-state index in [4.69, 9.17) is 5.11 Å². The van der Waals surface area contributed by atoms with Crippen LogP contribution >= 0.6 is 0 Å². The molecule has 0 radical (unpaired) electrons. The fourth-order valence-corrected chi connectivity index (χ4v) is 0.984. The number of aliphatic carboxylic acids is 1. The van der Waals surface area contributed by atoms with Crippen LogP contribution in [0.2, 0.25) is 0 Å². The van der Waals surface area contributed by atoms with Gasteiger partial charge in [0, 0.05) is 12.6 Å². The van der Waals surface area contributed by atoms with Crippen LogP contribution in [0, 0.1) is 5.95 Å². The van der Waals surface area contributed by atoms with Gasteiger partial charge in [-0.15, -0.1) is 0 Å². The lowest BCUT2D eigenvalue weighted by molar-refractivity contribution is -0.156. The highest BCUT2D eigenvalue weighted by molar-refractivity contribution is 5.76. The first kappa shape index (κ1) is 10.6. The van der Waals surface area contributed by atoms with E-state index in [0.29, 0.717) is 5.56 Å². The Morgan fingerprint density at radius 2 is 2.29 bits per heavy atom. The van der Waals surface area contributed by atoms with E-state index in [2.05, 4.69) is 4.98 Å². The van der Waals surface area contributed by atoms with Crippen LogP contribution in [0.4, 0.5) is 4.39 Å². The van der Waals surface area contributed by atoms with E-state index in [1.165, 1.54) is 19.2 Å². The summed E-state index contributed by atoms with van der Waals surface area (Å²) < 4.78 is 12.4. The lowest BCUT2D eigenvalue weighted by Gasteiger charge is -2.17. The molecule has 1 unspecified atom stereocenters. The standard InChI is InChI=1S/C9H10FNO3/c1-9(14,8(12)13)4-6-2-3-7(10)11-5-6/h2-3,5,14H,4H2,1H3,(H,12,13). The predicted octanol–water partition coefficient (Wildman–Crippen LogP) is 0.599. The fourth-order valence-electron chi connectivity index (χ4n) is 0.984. The van der Waals surface area contributed by atoms with Crippen molar-refractivity contribution in [1.29, 1.82) is 0 Å². The van der Waals surface area contributed by atoms with Crippen LogP contribution in [-0.2, 0) is 11.2 Å². The van der Waals surface area contributed by atoms with Gasteiger partial charge in [0.1, 0.15) is 0 Å². The van der Waals surface area contributed by atoms with Crippen LogP contribution in [0.5, 0.6) is 0 Å². The van der Waals surface area contributed by atoms with Crippen LogP contribution in [0.15, 0.2) is 18.3 Å². The molecule has 1 aromatic rings. The third-order valence-electron chi connectivity index (χ3n) is 1.80. The van der Waals surface area contributed by atoms with Gasteiger partial charge in [0.25, 0.3) is 0 Å². The average Bonchev–Trinajstić information content (AvgIpc) is 2.08. The topological polar surface area (TPSA) is 70.4 Å². The molecule has 0 aliphatic carbocycles. The van der Waals surface area contributed by atoms with Crippen LogP contribution in [0.25, 0.3) is 0 Å². The quantitative estimate of drug-likeness (QED) is 0.699. The summed E-state index contributed by atoms with van der Waals surface area (Å²) in [5.41, 5.74) is -1.38. The van der Waals surface area contributed by atoms with Crippen LogP contribution in [0.1, 0.15) is 12.5 Å². The van der Waals surface area contributed by atoms with Crippen molar-refractivity contribution in [3.8, 4) is 0 Å². The zero-order chi connectivity index (χ0) is 10.8. The minimum Gasteiger partial charge on any atom is -0.479 e. The first-order chi connectivity index (χ1) is 6.42. The van der Waals surface area contributed by atoms with E-state index < -0.39 is 17.5 Å². The third-order valence-corrected chi connectivity index (χ3v) is 1.80. The molecule has 1 atom stereocenters. The van der Waals surface area contributed by atoms with Gasteiger partial charge < -0.3 is 10.2 Å². The van der Waals surface area contributed by atoms with Crippen LogP contribution in [-0.4, -0.2) is 26.8 Å². The molecule has 4 nitrogen and oxygen atoms in total. The molecule has 0 bridgehead atoms. The number of aliphatic hydroxyl groups is 1. The number of hydrogen-bond acceptors (Lipinski definition) is 3. The molecule has 1 rings (SSSR count). The molecule has 0 aliphatic rings. The molecule has 0 spiro atoms. The molecule has 0 saturated carbocycles. The maximum absolute atomic E-state index is 12.4. The lowest BCUT2D eigenvalue weighted by atomic mass is 9.98. The van der Waals surface area contributed by atoms with Gasteiger partial charge in [-0.1, -0.05) is 6.07 Å². The summed E-state index contributed by atoms with van der Waals surface area (Å²) in [5, 5.41) is 18.0. The van der Waals surface area contributed by atoms with Gasteiger partial charge in [-0.2, -0.15) is 4.39 Å². The summed E-state index contributed by atoms with van der Waals surface area (Å²) >= 11 is 0. The molecule has 0 fully saturated rings. The Bertz CT molecular complexity index is 334. The van der Waals surface area contributed by atoms with Crippen molar-refractivity contribution in [3.63, 3.8) is 0 Å². The van der Waals surface area contributed by atoms with Gasteiger partial charge in [0.05, 0.1) is 0 Å². The van der Waals surface area contributed by atoms with Crippen molar-refractivity contribution >= 4 is 5.97 Å². The Morgan fingerprint density at radius 1 is 1.64 bits per heavy atom. The molecule has 1 aromatic heterocycles. The second-order valence-corrected chi connectivity index (χ2v) is 3.24. The van der Waals surface area contributed by atoms with Crippen molar-refractivity contribution in [2.24, 2.45) is 0 Å². The zero-order valence-corrected chi connectivity index (χ0v) is 7.57. The summed E-state index contributed by atoms with van der Waals surface area (Å²) in [7, 11) is 0. The minimum atomic E-state index is -1.85. The number of rotatable bonds is 3. The molecule has 14 heavy (non-hydrogen) atoms. The normalized spacial score (nSPS) is 14.8. The molecule has 0 amide bonds. The van der Waals surface area contributed by atoms with Gasteiger partial charge in [-0.25, -0.2) is 9.78 Å². The highest BCUT2D eigenvalue weighted by atomic mass is 19.1. The molecule has 76 valence electrons. The van der Waals surface area contributed by atoms with Gasteiger partial charge in [0.2, 0.25) is 5.95 Å². The summed E-state index contributed by atoms with van der Waals surface area (Å²) in [6.45, 7) is 1.18. The zero-order valence-electron chi connectivity index (χ0n) is 7.57. The Labute approximate surface area is 80.0 Å². The second kappa shape index (κ2) is 3.71. The van der Waals surface area contributed by atoms with E-state index in [-0.39, 0.29) is 6.42 Å². The third kappa shape index (κ3) is 2.50. The van der Waals surface area contributed by atoms with Crippen LogP contribution in [0.3, 0.4) is 0 Å². The number of hydrogen-bond donors (Lipinski definition) is 2. The molecular formula is C9H10FNO3. The highest BCUT2D eigenvalue weighted by Gasteiger charge is 2.29. The van der Waals surface area contributed by atoms with Crippen molar-refractivity contribution in [2.45, 2.75) is 18.9 Å². The SMILES string of the molecule is CC(O)(Cc1ccc(F)nc1)C(=O)O. The second-order valence-electron chi connectivity index (χ2n) is 3.24. The van der Waals surface area contributed by atoms with Gasteiger partial charge in [-0.05, 0) is 18.6 Å². The molecule has 2 N–H and O–H groups in total. The van der Waals surface area contributed by atoms with Crippen molar-refractivity contribution in [1.82, 2.24) is 4.98 Å². The maximum Gasteiger partial charge on any atom is 0.335 e. The van der Waals surface area contributed by atoms with Gasteiger partial charge in [0.15, 0.2) is 5.60 Å². The summed E-state index contributed by atoms with van der Waals surface area (Å²) in [5.74, 6) is -1.95. The van der Waals surface area contributed by atoms with E-state index in [9.17, 15) is 14.3 Å². The van der Waals surface area contributed by atoms with E-state index >= 15 is 0 Å². The molecule has 0 saturated heterocycles. The summed E-state index contributed by atoms with van der Waals surface area (Å²) in [4.78, 5) is 13.9. The summed E-state index contributed by atoms with van der Waals surface area (Å²) in [6, 6.07) is 2.51. The molecule has 0 aliphatic heterocycles. The number of nitrogens with zero attached hydrogens (tertiary/aromatic N) is 1. The van der Waals surface area contributed by atoms with E-state index in [0.717, 1.165) is 6.07 Å². The number of halogens is 1. The Morgan fingerprint density at radius 3 is 2.71 bits per heavy atom. The predicted molar refractivity (Wildman–Crippen MR) is 46.2 cm³/mol.